The van der Waals surface area contributed by atoms with Crippen molar-refractivity contribution >= 4 is 12.1 Å². The number of rotatable bonds is 2. The van der Waals surface area contributed by atoms with Crippen molar-refractivity contribution in [2.24, 2.45) is 0 Å². The van der Waals surface area contributed by atoms with Crippen LogP contribution in [0.1, 0.15) is 24.2 Å². The summed E-state index contributed by atoms with van der Waals surface area (Å²) >= 11 is 0. The molecule has 0 spiro atoms. The van der Waals surface area contributed by atoms with Gasteiger partial charge in [-0.1, -0.05) is 0 Å². The highest BCUT2D eigenvalue weighted by molar-refractivity contribution is 5.74. The van der Waals surface area contributed by atoms with Crippen LogP contribution < -0.4 is 15.8 Å². The van der Waals surface area contributed by atoms with Crippen LogP contribution in [0.4, 0.5) is 5.82 Å². The molecular weight excluding hydrogens is 218 g/mol. The van der Waals surface area contributed by atoms with E-state index in [2.05, 4.69) is 29.0 Å². The lowest BCUT2D eigenvalue weighted by molar-refractivity contribution is 0.112. The Balaban J connectivity index is 2.25. The maximum atomic E-state index is 11.5. The summed E-state index contributed by atoms with van der Waals surface area (Å²) in [5, 5.41) is 3.43. The summed E-state index contributed by atoms with van der Waals surface area (Å²) in [6, 6.07) is 4.12. The van der Waals surface area contributed by atoms with Crippen molar-refractivity contribution in [1.29, 1.82) is 0 Å². The van der Waals surface area contributed by atoms with Gasteiger partial charge in [0, 0.05) is 25.2 Å². The Morgan fingerprint density at radius 2 is 1.94 bits per heavy atom. The topological polar surface area (TPSA) is 65.2 Å². The number of anilines is 1. The number of nitrogens with one attached hydrogen (secondary N) is 2. The van der Waals surface area contributed by atoms with E-state index in [0.29, 0.717) is 18.4 Å². The predicted molar refractivity (Wildman–Crippen MR) is 66.7 cm³/mol. The maximum Gasteiger partial charge on any atom is 0.260 e. The zero-order valence-corrected chi connectivity index (χ0v) is 10.1. The minimum Gasteiger partial charge on any atom is -0.355 e. The van der Waals surface area contributed by atoms with Crippen LogP contribution in [0.5, 0.6) is 0 Å². The first-order valence-electron chi connectivity index (χ1n) is 5.79. The Labute approximate surface area is 99.8 Å². The number of aromatic nitrogens is 1. The van der Waals surface area contributed by atoms with E-state index in [1.807, 2.05) is 0 Å². The van der Waals surface area contributed by atoms with Gasteiger partial charge < -0.3 is 15.2 Å². The minimum absolute atomic E-state index is 0.171. The number of hydrogen-bond acceptors (Lipinski definition) is 4. The van der Waals surface area contributed by atoms with Crippen LogP contribution in [0.15, 0.2) is 16.9 Å². The Morgan fingerprint density at radius 3 is 2.47 bits per heavy atom. The highest BCUT2D eigenvalue weighted by Crippen LogP contribution is 2.13. The molecule has 0 aliphatic carbocycles. The first kappa shape index (κ1) is 11.9. The molecule has 0 radical (unpaired) electrons. The normalized spacial score (nSPS) is 24.7. The number of H-pyrrole nitrogens is 1. The SMILES string of the molecule is C[C@@H]1CN(c2ccc(C=O)c(=O)[nH]2)C[C@H](C)N1. The summed E-state index contributed by atoms with van der Waals surface area (Å²) in [5.74, 6) is 0.779. The molecule has 17 heavy (non-hydrogen) atoms. The molecule has 5 heteroatoms. The van der Waals surface area contributed by atoms with Crippen molar-refractivity contribution in [3.63, 3.8) is 0 Å². The molecule has 0 aromatic carbocycles. The van der Waals surface area contributed by atoms with Gasteiger partial charge in [-0.25, -0.2) is 0 Å². The van der Waals surface area contributed by atoms with Crippen LogP contribution >= 0.6 is 0 Å². The average Bonchev–Trinajstić information content (AvgIpc) is 2.27. The van der Waals surface area contributed by atoms with Gasteiger partial charge in [0.15, 0.2) is 6.29 Å². The lowest BCUT2D eigenvalue weighted by atomic mass is 10.1. The molecule has 2 atom stereocenters. The monoisotopic (exact) mass is 235 g/mol. The third kappa shape index (κ3) is 2.55. The molecule has 0 bridgehead atoms. The van der Waals surface area contributed by atoms with Crippen molar-refractivity contribution in [2.75, 3.05) is 18.0 Å². The maximum absolute atomic E-state index is 11.5. The Morgan fingerprint density at radius 1 is 1.29 bits per heavy atom. The molecule has 5 nitrogen and oxygen atoms in total. The zero-order chi connectivity index (χ0) is 12.4. The van der Waals surface area contributed by atoms with Crippen LogP contribution in [-0.2, 0) is 0 Å². The fourth-order valence-electron chi connectivity index (χ4n) is 2.28. The van der Waals surface area contributed by atoms with E-state index in [4.69, 9.17) is 0 Å². The van der Waals surface area contributed by atoms with Crippen molar-refractivity contribution in [1.82, 2.24) is 10.3 Å². The summed E-state index contributed by atoms with van der Waals surface area (Å²) in [4.78, 5) is 27.0. The number of pyridine rings is 1. The van der Waals surface area contributed by atoms with Crippen LogP contribution in [0.25, 0.3) is 0 Å². The van der Waals surface area contributed by atoms with Gasteiger partial charge >= 0.3 is 0 Å². The molecule has 2 N–H and O–H groups in total. The van der Waals surface area contributed by atoms with E-state index in [-0.39, 0.29) is 11.1 Å². The lowest BCUT2D eigenvalue weighted by Crippen LogP contribution is -2.54. The third-order valence-corrected chi connectivity index (χ3v) is 2.95. The molecule has 0 saturated carbocycles. The van der Waals surface area contributed by atoms with Gasteiger partial charge in [0.2, 0.25) is 0 Å². The molecule has 1 saturated heterocycles. The minimum atomic E-state index is -0.323. The van der Waals surface area contributed by atoms with Crippen molar-refractivity contribution in [3.05, 3.63) is 28.0 Å². The number of aromatic amines is 1. The van der Waals surface area contributed by atoms with E-state index in [1.54, 1.807) is 12.1 Å². The molecule has 1 aromatic heterocycles. The summed E-state index contributed by atoms with van der Waals surface area (Å²) in [7, 11) is 0. The zero-order valence-electron chi connectivity index (χ0n) is 10.1. The molecule has 2 rings (SSSR count). The van der Waals surface area contributed by atoms with Gasteiger partial charge in [-0.15, -0.1) is 0 Å². The van der Waals surface area contributed by atoms with Crippen LogP contribution in [0.3, 0.4) is 0 Å². The largest absolute Gasteiger partial charge is 0.355 e. The van der Waals surface area contributed by atoms with E-state index < -0.39 is 0 Å². The number of aldehydes is 1. The van der Waals surface area contributed by atoms with E-state index in [0.717, 1.165) is 18.9 Å². The number of piperazine rings is 1. The van der Waals surface area contributed by atoms with Gasteiger partial charge in [-0.05, 0) is 26.0 Å². The first-order valence-corrected chi connectivity index (χ1v) is 5.79. The third-order valence-electron chi connectivity index (χ3n) is 2.95. The van der Waals surface area contributed by atoms with Crippen LogP contribution in [-0.4, -0.2) is 36.4 Å². The summed E-state index contributed by atoms with van der Waals surface area (Å²) < 4.78 is 0. The van der Waals surface area contributed by atoms with E-state index in [9.17, 15) is 9.59 Å². The molecule has 1 aliphatic rings. The van der Waals surface area contributed by atoms with E-state index in [1.165, 1.54) is 0 Å². The van der Waals surface area contributed by atoms with Crippen molar-refractivity contribution in [3.8, 4) is 0 Å². The number of hydrogen-bond donors (Lipinski definition) is 2. The highest BCUT2D eigenvalue weighted by atomic mass is 16.1. The smallest absolute Gasteiger partial charge is 0.260 e. The number of carbonyl (C=O) groups is 1. The second-order valence-corrected chi connectivity index (χ2v) is 4.62. The fourth-order valence-corrected chi connectivity index (χ4v) is 2.28. The molecule has 0 unspecified atom stereocenters. The number of nitrogens with zero attached hydrogens (tertiary/aromatic N) is 1. The summed E-state index contributed by atoms with van der Waals surface area (Å²) in [6.45, 7) is 5.92. The van der Waals surface area contributed by atoms with E-state index >= 15 is 0 Å². The molecule has 0 amide bonds. The van der Waals surface area contributed by atoms with Crippen molar-refractivity contribution < 1.29 is 4.79 Å². The van der Waals surface area contributed by atoms with Gasteiger partial charge in [0.1, 0.15) is 5.82 Å². The molecular formula is C12H17N3O2. The van der Waals surface area contributed by atoms with Crippen LogP contribution in [0, 0.1) is 0 Å². The average molecular weight is 235 g/mol. The second-order valence-electron chi connectivity index (χ2n) is 4.62. The van der Waals surface area contributed by atoms with Gasteiger partial charge in [0.25, 0.3) is 5.56 Å². The second kappa shape index (κ2) is 4.71. The Kier molecular flexibility index (Phi) is 3.28. The Bertz CT molecular complexity index is 459. The highest BCUT2D eigenvalue weighted by Gasteiger charge is 2.21. The summed E-state index contributed by atoms with van der Waals surface area (Å²) in [5.41, 5.74) is -0.152. The van der Waals surface area contributed by atoms with Crippen LogP contribution in [0.2, 0.25) is 0 Å². The quantitative estimate of drug-likeness (QED) is 0.727. The molecule has 2 heterocycles. The first-order chi connectivity index (χ1) is 8.10. The predicted octanol–water partition coefficient (Wildman–Crippen LogP) is 0.374. The molecule has 1 aromatic rings. The molecule has 92 valence electrons. The standard InChI is InChI=1S/C12H17N3O2/c1-8-5-15(6-9(2)13-8)11-4-3-10(7-16)12(17)14-11/h3-4,7-9,13H,5-6H2,1-2H3,(H,14,17)/t8-,9+. The van der Waals surface area contributed by atoms with Crippen molar-refractivity contribution in [2.45, 2.75) is 25.9 Å². The van der Waals surface area contributed by atoms with Gasteiger partial charge in [-0.2, -0.15) is 0 Å². The molecule has 1 aliphatic heterocycles. The number of carbonyl (C=O) groups excluding carboxylic acids is 1. The van der Waals surface area contributed by atoms with Gasteiger partial charge in [-0.3, -0.25) is 9.59 Å². The Hall–Kier alpha value is -1.62. The lowest BCUT2D eigenvalue weighted by Gasteiger charge is -2.37. The van der Waals surface area contributed by atoms with Gasteiger partial charge in [0.05, 0.1) is 5.56 Å². The summed E-state index contributed by atoms with van der Waals surface area (Å²) in [6.07, 6.45) is 0.575. The molecule has 1 fully saturated rings. The fraction of sp³-hybridized carbons (Fsp3) is 0.500.